The van der Waals surface area contributed by atoms with Crippen LogP contribution in [0, 0.1) is 5.92 Å². The Bertz CT molecular complexity index is 592. The van der Waals surface area contributed by atoms with Crippen LogP contribution in [0.2, 0.25) is 0 Å². The molecule has 2 aliphatic rings. The molecule has 0 spiro atoms. The van der Waals surface area contributed by atoms with Crippen LogP contribution in [0.3, 0.4) is 0 Å². The SMILES string of the molecule is O=C(O)C1CN(C(=O)CCCC2CCCCC2)Cc2ccccc21. The molecule has 130 valence electrons. The minimum Gasteiger partial charge on any atom is -0.481 e. The van der Waals surface area contributed by atoms with E-state index in [1.807, 2.05) is 24.3 Å². The summed E-state index contributed by atoms with van der Waals surface area (Å²) in [6.45, 7) is 0.844. The van der Waals surface area contributed by atoms with Gasteiger partial charge in [-0.3, -0.25) is 9.59 Å². The van der Waals surface area contributed by atoms with Crippen molar-refractivity contribution < 1.29 is 14.7 Å². The zero-order valence-electron chi connectivity index (χ0n) is 14.2. The van der Waals surface area contributed by atoms with E-state index in [1.54, 1.807) is 4.90 Å². The third-order valence-electron chi connectivity index (χ3n) is 5.57. The van der Waals surface area contributed by atoms with Crippen LogP contribution in [-0.4, -0.2) is 28.4 Å². The number of rotatable bonds is 5. The molecule has 1 aliphatic carbocycles. The molecular weight excluding hydrogens is 302 g/mol. The number of aliphatic carboxylic acids is 1. The van der Waals surface area contributed by atoms with Gasteiger partial charge in [-0.25, -0.2) is 0 Å². The quantitative estimate of drug-likeness (QED) is 0.890. The molecule has 0 bridgehead atoms. The average Bonchev–Trinajstić information content (AvgIpc) is 2.61. The van der Waals surface area contributed by atoms with E-state index in [0.29, 0.717) is 19.5 Å². The highest BCUT2D eigenvalue weighted by molar-refractivity contribution is 5.81. The molecule has 0 saturated heterocycles. The minimum atomic E-state index is -0.845. The van der Waals surface area contributed by atoms with Crippen molar-refractivity contribution in [1.82, 2.24) is 4.90 Å². The Kier molecular flexibility index (Phi) is 5.54. The summed E-state index contributed by atoms with van der Waals surface area (Å²) in [4.78, 5) is 25.9. The molecule has 1 fully saturated rings. The summed E-state index contributed by atoms with van der Waals surface area (Å²) in [6.07, 6.45) is 9.27. The van der Waals surface area contributed by atoms with Gasteiger partial charge in [-0.15, -0.1) is 0 Å². The predicted molar refractivity (Wildman–Crippen MR) is 92.7 cm³/mol. The molecule has 4 nitrogen and oxygen atoms in total. The van der Waals surface area contributed by atoms with Gasteiger partial charge in [0.15, 0.2) is 0 Å². The zero-order chi connectivity index (χ0) is 16.9. The second kappa shape index (κ2) is 7.82. The van der Waals surface area contributed by atoms with Crippen molar-refractivity contribution in [1.29, 1.82) is 0 Å². The van der Waals surface area contributed by atoms with Gasteiger partial charge >= 0.3 is 5.97 Å². The van der Waals surface area contributed by atoms with Gasteiger partial charge in [0.05, 0.1) is 5.92 Å². The lowest BCUT2D eigenvalue weighted by molar-refractivity contribution is -0.141. The third-order valence-corrected chi connectivity index (χ3v) is 5.57. The van der Waals surface area contributed by atoms with Crippen LogP contribution in [0.1, 0.15) is 68.4 Å². The first kappa shape index (κ1) is 17.0. The normalized spacial score (nSPS) is 21.3. The van der Waals surface area contributed by atoms with E-state index < -0.39 is 11.9 Å². The summed E-state index contributed by atoms with van der Waals surface area (Å²) in [5.74, 6) is -0.550. The molecule has 24 heavy (non-hydrogen) atoms. The van der Waals surface area contributed by atoms with Crippen molar-refractivity contribution in [3.05, 3.63) is 35.4 Å². The second-order valence-corrected chi connectivity index (χ2v) is 7.26. The monoisotopic (exact) mass is 329 g/mol. The predicted octanol–water partition coefficient (Wildman–Crippen LogP) is 3.95. The third kappa shape index (κ3) is 3.97. The molecule has 4 heteroatoms. The molecule has 0 radical (unpaired) electrons. The maximum Gasteiger partial charge on any atom is 0.312 e. The number of fused-ring (bicyclic) bond motifs is 1. The molecule has 1 atom stereocenters. The van der Waals surface area contributed by atoms with Crippen molar-refractivity contribution in [2.24, 2.45) is 5.92 Å². The van der Waals surface area contributed by atoms with Gasteiger partial charge in [-0.05, 0) is 29.9 Å². The van der Waals surface area contributed by atoms with Gasteiger partial charge in [-0.1, -0.05) is 56.4 Å². The van der Waals surface area contributed by atoms with Gasteiger partial charge in [-0.2, -0.15) is 0 Å². The lowest BCUT2D eigenvalue weighted by atomic mass is 9.85. The number of carbonyl (C=O) groups is 2. The van der Waals surface area contributed by atoms with Crippen LogP contribution in [0.5, 0.6) is 0 Å². The molecule has 1 aliphatic heterocycles. The first-order chi connectivity index (χ1) is 11.6. The summed E-state index contributed by atoms with van der Waals surface area (Å²) in [5.41, 5.74) is 1.83. The second-order valence-electron chi connectivity index (χ2n) is 7.26. The number of nitrogens with zero attached hydrogens (tertiary/aromatic N) is 1. The first-order valence-electron chi connectivity index (χ1n) is 9.23. The standard InChI is InChI=1S/C20H27NO3/c22-19(12-6-9-15-7-2-1-3-8-15)21-13-16-10-4-5-11-17(16)18(14-21)20(23)24/h4-5,10-11,15,18H,1-3,6-9,12-14H2,(H,23,24). The summed E-state index contributed by atoms with van der Waals surface area (Å²) in [5, 5.41) is 9.49. The smallest absolute Gasteiger partial charge is 0.312 e. The van der Waals surface area contributed by atoms with E-state index in [0.717, 1.165) is 29.9 Å². The summed E-state index contributed by atoms with van der Waals surface area (Å²) >= 11 is 0. The highest BCUT2D eigenvalue weighted by Gasteiger charge is 2.32. The summed E-state index contributed by atoms with van der Waals surface area (Å²) in [7, 11) is 0. The fraction of sp³-hybridized carbons (Fsp3) is 0.600. The highest BCUT2D eigenvalue weighted by atomic mass is 16.4. The largest absolute Gasteiger partial charge is 0.481 e. The van der Waals surface area contributed by atoms with E-state index in [-0.39, 0.29) is 5.91 Å². The van der Waals surface area contributed by atoms with Gasteiger partial charge < -0.3 is 10.0 Å². The minimum absolute atomic E-state index is 0.103. The maximum atomic E-state index is 12.6. The van der Waals surface area contributed by atoms with Crippen molar-refractivity contribution >= 4 is 11.9 Å². The van der Waals surface area contributed by atoms with Crippen molar-refractivity contribution in [2.75, 3.05) is 6.54 Å². The van der Waals surface area contributed by atoms with E-state index in [4.69, 9.17) is 0 Å². The van der Waals surface area contributed by atoms with Crippen LogP contribution in [0.25, 0.3) is 0 Å². The molecule has 3 rings (SSSR count). The molecular formula is C20H27NO3. The Morgan fingerprint density at radius 3 is 2.62 bits per heavy atom. The van der Waals surface area contributed by atoms with Gasteiger partial charge in [0.25, 0.3) is 0 Å². The number of hydrogen-bond acceptors (Lipinski definition) is 2. The molecule has 1 aromatic carbocycles. The average molecular weight is 329 g/mol. The molecule has 1 N–H and O–H groups in total. The van der Waals surface area contributed by atoms with Crippen LogP contribution in [0.15, 0.2) is 24.3 Å². The van der Waals surface area contributed by atoms with Crippen molar-refractivity contribution in [3.63, 3.8) is 0 Å². The fourth-order valence-electron chi connectivity index (χ4n) is 4.18. The number of hydrogen-bond donors (Lipinski definition) is 1. The first-order valence-corrected chi connectivity index (χ1v) is 9.23. The Balaban J connectivity index is 1.56. The Labute approximate surface area is 143 Å². The molecule has 1 heterocycles. The maximum absolute atomic E-state index is 12.6. The summed E-state index contributed by atoms with van der Waals surface area (Å²) < 4.78 is 0. The van der Waals surface area contributed by atoms with Crippen LogP contribution < -0.4 is 0 Å². The number of amides is 1. The van der Waals surface area contributed by atoms with Gasteiger partial charge in [0, 0.05) is 19.5 Å². The van der Waals surface area contributed by atoms with Gasteiger partial charge in [0.1, 0.15) is 0 Å². The van der Waals surface area contributed by atoms with Gasteiger partial charge in [0.2, 0.25) is 5.91 Å². The van der Waals surface area contributed by atoms with Crippen LogP contribution in [0.4, 0.5) is 0 Å². The number of carboxylic acids is 1. The van der Waals surface area contributed by atoms with E-state index in [1.165, 1.54) is 32.1 Å². The number of carbonyl (C=O) groups excluding carboxylic acids is 1. The van der Waals surface area contributed by atoms with Crippen molar-refractivity contribution in [3.8, 4) is 0 Å². The zero-order valence-corrected chi connectivity index (χ0v) is 14.2. The van der Waals surface area contributed by atoms with Crippen LogP contribution in [-0.2, 0) is 16.1 Å². The van der Waals surface area contributed by atoms with Crippen molar-refractivity contribution in [2.45, 2.75) is 63.8 Å². The molecule has 1 saturated carbocycles. The molecule has 1 aromatic rings. The lowest BCUT2D eigenvalue weighted by Gasteiger charge is -2.33. The fourth-order valence-corrected chi connectivity index (χ4v) is 4.18. The number of benzene rings is 1. The van der Waals surface area contributed by atoms with E-state index in [2.05, 4.69) is 0 Å². The van der Waals surface area contributed by atoms with Crippen LogP contribution >= 0.6 is 0 Å². The number of carboxylic acid groups (broad SMARTS) is 1. The Morgan fingerprint density at radius 1 is 1.12 bits per heavy atom. The van der Waals surface area contributed by atoms with E-state index in [9.17, 15) is 14.7 Å². The molecule has 1 amide bonds. The van der Waals surface area contributed by atoms with E-state index >= 15 is 0 Å². The lowest BCUT2D eigenvalue weighted by Crippen LogP contribution is -2.40. The Morgan fingerprint density at radius 2 is 1.88 bits per heavy atom. The Hall–Kier alpha value is -1.84. The molecule has 1 unspecified atom stereocenters. The topological polar surface area (TPSA) is 57.6 Å². The molecule has 0 aromatic heterocycles. The summed E-state index contributed by atoms with van der Waals surface area (Å²) in [6, 6.07) is 7.59. The highest BCUT2D eigenvalue weighted by Crippen LogP contribution is 2.30.